The van der Waals surface area contributed by atoms with Crippen molar-refractivity contribution in [1.29, 1.82) is 0 Å². The van der Waals surface area contributed by atoms with Crippen LogP contribution in [0.1, 0.15) is 50.4 Å². The van der Waals surface area contributed by atoms with Crippen molar-refractivity contribution >= 4 is 11.7 Å². The van der Waals surface area contributed by atoms with Gasteiger partial charge in [0, 0.05) is 18.9 Å². The van der Waals surface area contributed by atoms with Gasteiger partial charge in [-0.2, -0.15) is 0 Å². The average molecular weight is 295 g/mol. The second-order valence-electron chi connectivity index (χ2n) is 6.07. The molecule has 22 heavy (non-hydrogen) atoms. The molecule has 0 aliphatic heterocycles. The van der Waals surface area contributed by atoms with Crippen molar-refractivity contribution in [3.05, 3.63) is 58.5 Å². The number of hydrogen-bond donors (Lipinski definition) is 1. The van der Waals surface area contributed by atoms with E-state index >= 15 is 0 Å². The van der Waals surface area contributed by atoms with Crippen molar-refractivity contribution in [2.75, 3.05) is 0 Å². The van der Waals surface area contributed by atoms with Crippen molar-refractivity contribution in [2.24, 2.45) is 0 Å². The van der Waals surface area contributed by atoms with Crippen molar-refractivity contribution in [3.63, 3.8) is 0 Å². The van der Waals surface area contributed by atoms with Crippen LogP contribution in [-0.2, 0) is 19.3 Å². The Morgan fingerprint density at radius 3 is 2.59 bits per heavy atom. The molecule has 2 aliphatic carbocycles. The van der Waals surface area contributed by atoms with E-state index in [1.165, 1.54) is 17.4 Å². The first-order valence-electron chi connectivity index (χ1n) is 7.73. The number of aryl methyl sites for hydroxylation is 1. The molecule has 4 rings (SSSR count). The second kappa shape index (κ2) is 5.13. The molecule has 0 saturated heterocycles. The fourth-order valence-corrected chi connectivity index (χ4v) is 3.51. The smallest absolute Gasteiger partial charge is 0.255 e. The normalized spacial score (nSPS) is 17.2. The van der Waals surface area contributed by atoms with Crippen LogP contribution < -0.4 is 5.32 Å². The minimum atomic E-state index is -0.196. The lowest BCUT2D eigenvalue weighted by molar-refractivity contribution is 0.0917. The van der Waals surface area contributed by atoms with Crippen LogP contribution in [0.15, 0.2) is 34.9 Å². The standard InChI is InChI=1S/C18H17NO3/c20-15-6-3-7-16-17(15)14(10-22-16)18(21)19-13-8-11-4-1-2-5-12(11)9-13/h1-2,4-5,10,13H,3,6-9H2,(H,19,21). The zero-order valence-electron chi connectivity index (χ0n) is 12.2. The molecule has 1 heterocycles. The van der Waals surface area contributed by atoms with E-state index in [4.69, 9.17) is 4.42 Å². The van der Waals surface area contributed by atoms with Gasteiger partial charge in [0.1, 0.15) is 12.0 Å². The maximum Gasteiger partial charge on any atom is 0.255 e. The Morgan fingerprint density at radius 1 is 1.14 bits per heavy atom. The van der Waals surface area contributed by atoms with Gasteiger partial charge < -0.3 is 9.73 Å². The summed E-state index contributed by atoms with van der Waals surface area (Å²) in [5.41, 5.74) is 3.48. The Balaban J connectivity index is 1.53. The number of benzene rings is 1. The molecule has 0 unspecified atom stereocenters. The Hall–Kier alpha value is -2.36. The molecule has 2 aliphatic rings. The summed E-state index contributed by atoms with van der Waals surface area (Å²) in [6, 6.07) is 8.34. The third-order valence-corrected chi connectivity index (χ3v) is 4.58. The van der Waals surface area contributed by atoms with Crippen LogP contribution in [0.2, 0.25) is 0 Å². The zero-order valence-corrected chi connectivity index (χ0v) is 12.2. The van der Waals surface area contributed by atoms with Crippen LogP contribution in [0.4, 0.5) is 0 Å². The van der Waals surface area contributed by atoms with Gasteiger partial charge >= 0.3 is 0 Å². The van der Waals surface area contributed by atoms with Crippen LogP contribution in [0.5, 0.6) is 0 Å². The Labute approximate surface area is 128 Å². The predicted molar refractivity (Wildman–Crippen MR) is 81.1 cm³/mol. The SMILES string of the molecule is O=C(NC1Cc2ccccc2C1)c1coc2c1C(=O)CCC2. The quantitative estimate of drug-likeness (QED) is 0.926. The summed E-state index contributed by atoms with van der Waals surface area (Å²) < 4.78 is 5.42. The number of carbonyl (C=O) groups excluding carboxylic acids is 2. The number of furan rings is 1. The minimum Gasteiger partial charge on any atom is -0.468 e. The summed E-state index contributed by atoms with van der Waals surface area (Å²) in [6.07, 6.45) is 5.17. The van der Waals surface area contributed by atoms with Crippen molar-refractivity contribution in [1.82, 2.24) is 5.32 Å². The average Bonchev–Trinajstić information content (AvgIpc) is 3.10. The molecule has 0 spiro atoms. The number of fused-ring (bicyclic) bond motifs is 2. The molecule has 0 atom stereocenters. The van der Waals surface area contributed by atoms with Crippen LogP contribution in [-0.4, -0.2) is 17.7 Å². The predicted octanol–water partition coefficient (Wildman–Crippen LogP) is 2.70. The molecule has 0 radical (unpaired) electrons. The number of hydrogen-bond acceptors (Lipinski definition) is 3. The molecule has 0 bridgehead atoms. The molecule has 1 aromatic heterocycles. The van der Waals surface area contributed by atoms with Gasteiger partial charge in [-0.25, -0.2) is 0 Å². The van der Waals surface area contributed by atoms with E-state index in [0.717, 1.165) is 25.7 Å². The van der Waals surface area contributed by atoms with Gasteiger partial charge in [-0.15, -0.1) is 0 Å². The fraction of sp³-hybridized carbons (Fsp3) is 0.333. The highest BCUT2D eigenvalue weighted by Crippen LogP contribution is 2.27. The van der Waals surface area contributed by atoms with Crippen LogP contribution in [0.3, 0.4) is 0 Å². The van der Waals surface area contributed by atoms with Crippen LogP contribution in [0.25, 0.3) is 0 Å². The monoisotopic (exact) mass is 295 g/mol. The maximum absolute atomic E-state index is 12.5. The molecule has 1 N–H and O–H groups in total. The summed E-state index contributed by atoms with van der Waals surface area (Å²) in [4.78, 5) is 24.6. The largest absolute Gasteiger partial charge is 0.468 e. The molecular weight excluding hydrogens is 278 g/mol. The Kier molecular flexibility index (Phi) is 3.10. The number of Topliss-reactive ketones (excluding diaryl/α,β-unsaturated/α-hetero) is 1. The molecule has 0 saturated carbocycles. The van der Waals surface area contributed by atoms with Gasteiger partial charge in [0.2, 0.25) is 0 Å². The molecule has 2 aromatic rings. The van der Waals surface area contributed by atoms with E-state index in [0.29, 0.717) is 23.3 Å². The number of rotatable bonds is 2. The first-order chi connectivity index (χ1) is 10.7. The summed E-state index contributed by atoms with van der Waals surface area (Å²) in [5, 5.41) is 3.05. The lowest BCUT2D eigenvalue weighted by atomic mass is 9.94. The molecule has 112 valence electrons. The lowest BCUT2D eigenvalue weighted by Crippen LogP contribution is -2.36. The van der Waals surface area contributed by atoms with E-state index < -0.39 is 0 Å². The minimum absolute atomic E-state index is 0.0230. The Morgan fingerprint density at radius 2 is 1.86 bits per heavy atom. The van der Waals surface area contributed by atoms with Gasteiger partial charge in [0.25, 0.3) is 5.91 Å². The highest BCUT2D eigenvalue weighted by Gasteiger charge is 2.30. The van der Waals surface area contributed by atoms with E-state index in [-0.39, 0.29) is 17.7 Å². The topological polar surface area (TPSA) is 59.3 Å². The molecule has 1 amide bonds. The fourth-order valence-electron chi connectivity index (χ4n) is 3.51. The third kappa shape index (κ3) is 2.15. The third-order valence-electron chi connectivity index (χ3n) is 4.58. The van der Waals surface area contributed by atoms with E-state index in [1.54, 1.807) is 0 Å². The molecule has 0 fully saturated rings. The lowest BCUT2D eigenvalue weighted by Gasteiger charge is -2.13. The first-order valence-corrected chi connectivity index (χ1v) is 7.73. The van der Waals surface area contributed by atoms with Crippen molar-refractivity contribution in [2.45, 2.75) is 38.1 Å². The maximum atomic E-state index is 12.5. The summed E-state index contributed by atoms with van der Waals surface area (Å²) >= 11 is 0. The summed E-state index contributed by atoms with van der Waals surface area (Å²) in [6.45, 7) is 0. The van der Waals surface area contributed by atoms with E-state index in [2.05, 4.69) is 17.4 Å². The van der Waals surface area contributed by atoms with Crippen LogP contribution >= 0.6 is 0 Å². The van der Waals surface area contributed by atoms with Gasteiger partial charge in [0.05, 0.1) is 11.1 Å². The number of nitrogens with one attached hydrogen (secondary N) is 1. The number of ketones is 1. The van der Waals surface area contributed by atoms with Gasteiger partial charge in [-0.1, -0.05) is 24.3 Å². The van der Waals surface area contributed by atoms with Crippen molar-refractivity contribution < 1.29 is 14.0 Å². The molecule has 4 nitrogen and oxygen atoms in total. The molecule has 1 aromatic carbocycles. The molecule has 4 heteroatoms. The first kappa shape index (κ1) is 13.3. The summed E-state index contributed by atoms with van der Waals surface area (Å²) in [7, 11) is 0. The van der Waals surface area contributed by atoms with Gasteiger partial charge in [-0.3, -0.25) is 9.59 Å². The van der Waals surface area contributed by atoms with Crippen LogP contribution in [0, 0.1) is 0 Å². The number of amides is 1. The van der Waals surface area contributed by atoms with E-state index in [1.807, 2.05) is 12.1 Å². The Bertz CT molecular complexity index is 734. The highest BCUT2D eigenvalue weighted by molar-refractivity contribution is 6.09. The van der Waals surface area contributed by atoms with Crippen molar-refractivity contribution in [3.8, 4) is 0 Å². The second-order valence-corrected chi connectivity index (χ2v) is 6.07. The summed E-state index contributed by atoms with van der Waals surface area (Å²) in [5.74, 6) is 0.490. The van der Waals surface area contributed by atoms with Gasteiger partial charge in [0.15, 0.2) is 5.78 Å². The zero-order chi connectivity index (χ0) is 15.1. The van der Waals surface area contributed by atoms with E-state index in [9.17, 15) is 9.59 Å². The highest BCUT2D eigenvalue weighted by atomic mass is 16.3. The van der Waals surface area contributed by atoms with Gasteiger partial charge in [-0.05, 0) is 30.4 Å². The number of carbonyl (C=O) groups is 2. The molecular formula is C18H17NO3.